The molecule has 0 aromatic heterocycles. The Labute approximate surface area is 97.8 Å². The van der Waals surface area contributed by atoms with Gasteiger partial charge in [0.05, 0.1) is 6.10 Å². The molecule has 0 amide bonds. The monoisotopic (exact) mass is 222 g/mol. The van der Waals surface area contributed by atoms with E-state index in [0.717, 1.165) is 25.0 Å². The van der Waals surface area contributed by atoms with Gasteiger partial charge >= 0.3 is 0 Å². The van der Waals surface area contributed by atoms with Crippen LogP contribution in [0.1, 0.15) is 26.2 Å². The highest BCUT2D eigenvalue weighted by Crippen LogP contribution is 2.15. The second kappa shape index (κ2) is 7.25. The lowest BCUT2D eigenvalue weighted by molar-refractivity contribution is 0.176. The maximum Gasteiger partial charge on any atom is 0.119 e. The Kier molecular flexibility index (Phi) is 5.90. The molecule has 2 unspecified atom stereocenters. The normalized spacial score (nSPS) is 14.4. The summed E-state index contributed by atoms with van der Waals surface area (Å²) in [6.45, 7) is 2.76. The smallest absolute Gasteiger partial charge is 0.119 e. The van der Waals surface area contributed by atoms with Crippen molar-refractivity contribution in [3.8, 4) is 5.75 Å². The van der Waals surface area contributed by atoms with Crippen LogP contribution < -0.4 is 16.2 Å². The lowest BCUT2D eigenvalue weighted by Gasteiger charge is -2.21. The van der Waals surface area contributed by atoms with Crippen LogP contribution in [0.5, 0.6) is 5.75 Å². The van der Waals surface area contributed by atoms with Crippen LogP contribution in [-0.2, 0) is 0 Å². The van der Waals surface area contributed by atoms with E-state index in [2.05, 4.69) is 6.92 Å². The van der Waals surface area contributed by atoms with Crippen molar-refractivity contribution in [3.05, 3.63) is 30.3 Å². The zero-order valence-electron chi connectivity index (χ0n) is 9.93. The maximum absolute atomic E-state index is 5.95. The first kappa shape index (κ1) is 13.0. The van der Waals surface area contributed by atoms with E-state index in [-0.39, 0.29) is 12.1 Å². The fraction of sp³-hybridized carbons (Fsp3) is 0.538. The highest BCUT2D eigenvalue weighted by Gasteiger charge is 2.12. The summed E-state index contributed by atoms with van der Waals surface area (Å²) in [5.74, 6) is 0.911. The van der Waals surface area contributed by atoms with E-state index < -0.39 is 0 Å². The van der Waals surface area contributed by atoms with Crippen molar-refractivity contribution in [2.75, 3.05) is 6.54 Å². The first-order chi connectivity index (χ1) is 7.76. The summed E-state index contributed by atoms with van der Waals surface area (Å²) in [5.41, 5.74) is 11.4. The number of benzene rings is 1. The van der Waals surface area contributed by atoms with Gasteiger partial charge in [-0.1, -0.05) is 25.1 Å². The van der Waals surface area contributed by atoms with Crippen LogP contribution in [-0.4, -0.2) is 18.7 Å². The molecule has 0 aliphatic carbocycles. The van der Waals surface area contributed by atoms with Crippen LogP contribution in [0.4, 0.5) is 0 Å². The third-order valence-corrected chi connectivity index (χ3v) is 2.60. The number of para-hydroxylation sites is 1. The summed E-state index contributed by atoms with van der Waals surface area (Å²) in [6.07, 6.45) is 2.87. The molecule has 0 bridgehead atoms. The molecule has 90 valence electrons. The Balaban J connectivity index is 2.43. The van der Waals surface area contributed by atoms with Crippen LogP contribution in [0.15, 0.2) is 30.3 Å². The lowest BCUT2D eigenvalue weighted by atomic mass is 10.1. The van der Waals surface area contributed by atoms with E-state index in [4.69, 9.17) is 16.2 Å². The molecule has 16 heavy (non-hydrogen) atoms. The number of hydrogen-bond donors (Lipinski definition) is 2. The fourth-order valence-corrected chi connectivity index (χ4v) is 1.66. The van der Waals surface area contributed by atoms with Crippen molar-refractivity contribution in [1.82, 2.24) is 0 Å². The third kappa shape index (κ3) is 4.64. The zero-order valence-corrected chi connectivity index (χ0v) is 9.93. The molecule has 2 atom stereocenters. The predicted molar refractivity (Wildman–Crippen MR) is 67.4 cm³/mol. The quantitative estimate of drug-likeness (QED) is 0.741. The van der Waals surface area contributed by atoms with Gasteiger partial charge in [0.1, 0.15) is 5.75 Å². The van der Waals surface area contributed by atoms with Gasteiger partial charge in [-0.2, -0.15) is 0 Å². The Morgan fingerprint density at radius 3 is 2.50 bits per heavy atom. The van der Waals surface area contributed by atoms with Gasteiger partial charge in [0, 0.05) is 6.04 Å². The number of nitrogens with two attached hydrogens (primary N) is 2. The zero-order chi connectivity index (χ0) is 11.8. The molecule has 1 aromatic carbocycles. The van der Waals surface area contributed by atoms with E-state index in [0.29, 0.717) is 6.54 Å². The van der Waals surface area contributed by atoms with E-state index in [9.17, 15) is 0 Å². The molecule has 1 rings (SSSR count). The van der Waals surface area contributed by atoms with Gasteiger partial charge < -0.3 is 16.2 Å². The molecular formula is C13H22N2O. The molecule has 1 aromatic rings. The summed E-state index contributed by atoms with van der Waals surface area (Å²) < 4.78 is 5.86. The Morgan fingerprint density at radius 1 is 1.25 bits per heavy atom. The van der Waals surface area contributed by atoms with E-state index in [1.807, 2.05) is 30.3 Å². The molecular weight excluding hydrogens is 200 g/mol. The van der Waals surface area contributed by atoms with Crippen molar-refractivity contribution in [2.45, 2.75) is 38.3 Å². The first-order valence-corrected chi connectivity index (χ1v) is 5.93. The second-order valence-electron chi connectivity index (χ2n) is 4.03. The number of rotatable bonds is 7. The van der Waals surface area contributed by atoms with Crippen molar-refractivity contribution < 1.29 is 4.74 Å². The lowest BCUT2D eigenvalue weighted by Crippen LogP contribution is -2.31. The van der Waals surface area contributed by atoms with Crippen LogP contribution in [0.2, 0.25) is 0 Å². The van der Waals surface area contributed by atoms with Crippen molar-refractivity contribution in [2.24, 2.45) is 11.5 Å². The Hall–Kier alpha value is -1.06. The summed E-state index contributed by atoms with van der Waals surface area (Å²) in [4.78, 5) is 0. The highest BCUT2D eigenvalue weighted by atomic mass is 16.5. The van der Waals surface area contributed by atoms with Crippen molar-refractivity contribution >= 4 is 0 Å². The molecule has 3 heteroatoms. The molecule has 0 aliphatic rings. The van der Waals surface area contributed by atoms with Gasteiger partial charge in [0.15, 0.2) is 0 Å². The molecule has 0 saturated heterocycles. The average Bonchev–Trinajstić information content (AvgIpc) is 2.30. The molecule has 0 fully saturated rings. The highest BCUT2D eigenvalue weighted by molar-refractivity contribution is 5.21. The molecule has 0 heterocycles. The van der Waals surface area contributed by atoms with Gasteiger partial charge in [-0.3, -0.25) is 0 Å². The minimum Gasteiger partial charge on any atom is -0.490 e. The summed E-state index contributed by atoms with van der Waals surface area (Å²) in [7, 11) is 0. The number of hydrogen-bond acceptors (Lipinski definition) is 3. The molecule has 0 aliphatic heterocycles. The molecule has 3 nitrogen and oxygen atoms in total. The summed E-state index contributed by atoms with van der Waals surface area (Å²) in [6, 6.07) is 10.0. The first-order valence-electron chi connectivity index (χ1n) is 5.93. The fourth-order valence-electron chi connectivity index (χ4n) is 1.66. The Bertz CT molecular complexity index is 277. The molecule has 0 saturated carbocycles. The van der Waals surface area contributed by atoms with Gasteiger partial charge in [0.25, 0.3) is 0 Å². The van der Waals surface area contributed by atoms with Crippen molar-refractivity contribution in [3.63, 3.8) is 0 Å². The predicted octanol–water partition coefficient (Wildman–Crippen LogP) is 1.91. The Morgan fingerprint density at radius 2 is 1.94 bits per heavy atom. The van der Waals surface area contributed by atoms with Gasteiger partial charge in [0.2, 0.25) is 0 Å². The van der Waals surface area contributed by atoms with Gasteiger partial charge in [-0.15, -0.1) is 0 Å². The number of ether oxygens (including phenoxy) is 1. The van der Waals surface area contributed by atoms with E-state index in [1.54, 1.807) is 0 Å². The SMILES string of the molecule is CCC(CC(N)CCN)Oc1ccccc1. The third-order valence-electron chi connectivity index (χ3n) is 2.60. The molecule has 0 spiro atoms. The van der Waals surface area contributed by atoms with E-state index in [1.165, 1.54) is 0 Å². The average molecular weight is 222 g/mol. The van der Waals surface area contributed by atoms with Crippen molar-refractivity contribution in [1.29, 1.82) is 0 Å². The minimum absolute atomic E-state index is 0.138. The van der Waals surface area contributed by atoms with Crippen LogP contribution in [0.25, 0.3) is 0 Å². The maximum atomic E-state index is 5.95. The van der Waals surface area contributed by atoms with Gasteiger partial charge in [-0.05, 0) is 37.9 Å². The summed E-state index contributed by atoms with van der Waals surface area (Å²) in [5, 5.41) is 0. The van der Waals surface area contributed by atoms with Crippen LogP contribution in [0, 0.1) is 0 Å². The topological polar surface area (TPSA) is 61.3 Å². The standard InChI is InChI=1S/C13H22N2O/c1-2-12(10-11(15)8-9-14)16-13-6-4-3-5-7-13/h3-7,11-12H,2,8-10,14-15H2,1H3. The van der Waals surface area contributed by atoms with Gasteiger partial charge in [-0.25, -0.2) is 0 Å². The van der Waals surface area contributed by atoms with Crippen LogP contribution in [0.3, 0.4) is 0 Å². The minimum atomic E-state index is 0.138. The summed E-state index contributed by atoms with van der Waals surface area (Å²) >= 11 is 0. The van der Waals surface area contributed by atoms with Crippen LogP contribution >= 0.6 is 0 Å². The second-order valence-corrected chi connectivity index (χ2v) is 4.03. The molecule has 0 radical (unpaired) electrons. The van der Waals surface area contributed by atoms with E-state index >= 15 is 0 Å². The largest absolute Gasteiger partial charge is 0.490 e. The molecule has 4 N–H and O–H groups in total.